The van der Waals surface area contributed by atoms with E-state index in [0.29, 0.717) is 0 Å². The van der Waals surface area contributed by atoms with E-state index in [2.05, 4.69) is 17.1 Å². The lowest BCUT2D eigenvalue weighted by atomic mass is 10.2. The predicted octanol–water partition coefficient (Wildman–Crippen LogP) is 1.51. The standard InChI is InChI=1S/C14H22N4O/c1-2-8-17(13-5-3-12(15)4-6-13)10-11-18-9-7-16-14(18)19/h3-6H,2,7-11,15H2,1H3,(H,16,19). The van der Waals surface area contributed by atoms with Gasteiger partial charge in [-0.15, -0.1) is 0 Å². The van der Waals surface area contributed by atoms with Gasteiger partial charge in [0, 0.05) is 44.1 Å². The van der Waals surface area contributed by atoms with Gasteiger partial charge in [0.1, 0.15) is 0 Å². The van der Waals surface area contributed by atoms with Crippen molar-refractivity contribution >= 4 is 17.4 Å². The molecular weight excluding hydrogens is 240 g/mol. The number of nitrogens with zero attached hydrogens (tertiary/aromatic N) is 2. The highest BCUT2D eigenvalue weighted by molar-refractivity contribution is 5.76. The van der Waals surface area contributed by atoms with Gasteiger partial charge < -0.3 is 20.9 Å². The summed E-state index contributed by atoms with van der Waals surface area (Å²) >= 11 is 0. The molecule has 0 spiro atoms. The van der Waals surface area contributed by atoms with E-state index in [1.54, 1.807) is 0 Å². The van der Waals surface area contributed by atoms with Crippen LogP contribution in [-0.4, -0.2) is 43.7 Å². The summed E-state index contributed by atoms with van der Waals surface area (Å²) in [5, 5.41) is 2.82. The summed E-state index contributed by atoms with van der Waals surface area (Å²) in [7, 11) is 0. The number of hydrogen-bond acceptors (Lipinski definition) is 3. The molecule has 1 saturated heterocycles. The fourth-order valence-electron chi connectivity index (χ4n) is 2.29. The van der Waals surface area contributed by atoms with E-state index >= 15 is 0 Å². The monoisotopic (exact) mass is 262 g/mol. The molecular formula is C14H22N4O. The van der Waals surface area contributed by atoms with Crippen LogP contribution in [-0.2, 0) is 0 Å². The normalized spacial score (nSPS) is 14.6. The lowest BCUT2D eigenvalue weighted by molar-refractivity contribution is 0.218. The second-order valence-electron chi connectivity index (χ2n) is 4.80. The molecule has 1 aromatic rings. The van der Waals surface area contributed by atoms with Crippen LogP contribution in [0.4, 0.5) is 16.2 Å². The first-order valence-corrected chi connectivity index (χ1v) is 6.84. The number of carbonyl (C=O) groups excluding carboxylic acids is 1. The molecule has 5 heteroatoms. The molecule has 0 aromatic heterocycles. The van der Waals surface area contributed by atoms with Crippen molar-refractivity contribution in [2.75, 3.05) is 43.4 Å². The van der Waals surface area contributed by atoms with Gasteiger partial charge in [0.2, 0.25) is 0 Å². The van der Waals surface area contributed by atoms with Gasteiger partial charge in [0.05, 0.1) is 0 Å². The van der Waals surface area contributed by atoms with Crippen LogP contribution >= 0.6 is 0 Å². The molecule has 2 amide bonds. The predicted molar refractivity (Wildman–Crippen MR) is 78.3 cm³/mol. The minimum atomic E-state index is 0.0498. The number of anilines is 2. The van der Waals surface area contributed by atoms with Crippen molar-refractivity contribution in [2.45, 2.75) is 13.3 Å². The summed E-state index contributed by atoms with van der Waals surface area (Å²) in [6.07, 6.45) is 1.08. The fraction of sp³-hybridized carbons (Fsp3) is 0.500. The van der Waals surface area contributed by atoms with Crippen LogP contribution in [0, 0.1) is 0 Å². The van der Waals surface area contributed by atoms with Crippen LogP contribution in [0.3, 0.4) is 0 Å². The number of amides is 2. The first-order chi connectivity index (χ1) is 9.20. The summed E-state index contributed by atoms with van der Waals surface area (Å²) in [5.74, 6) is 0. The van der Waals surface area contributed by atoms with Crippen molar-refractivity contribution in [3.05, 3.63) is 24.3 Å². The largest absolute Gasteiger partial charge is 0.399 e. The zero-order valence-electron chi connectivity index (χ0n) is 11.4. The molecule has 1 aliphatic heterocycles. The Kier molecular flexibility index (Phi) is 4.49. The van der Waals surface area contributed by atoms with Crippen LogP contribution in [0.15, 0.2) is 24.3 Å². The lowest BCUT2D eigenvalue weighted by Gasteiger charge is -2.26. The van der Waals surface area contributed by atoms with Crippen molar-refractivity contribution in [1.82, 2.24) is 10.2 Å². The number of nitrogens with two attached hydrogens (primary N) is 1. The molecule has 0 bridgehead atoms. The average molecular weight is 262 g/mol. The molecule has 0 aliphatic carbocycles. The van der Waals surface area contributed by atoms with Gasteiger partial charge in [0.25, 0.3) is 0 Å². The Labute approximate surface area is 114 Å². The Balaban J connectivity index is 1.95. The van der Waals surface area contributed by atoms with Gasteiger partial charge in [-0.05, 0) is 30.7 Å². The van der Waals surface area contributed by atoms with Gasteiger partial charge in [0.15, 0.2) is 0 Å². The number of urea groups is 1. The van der Waals surface area contributed by atoms with Crippen molar-refractivity contribution < 1.29 is 4.79 Å². The first-order valence-electron chi connectivity index (χ1n) is 6.84. The molecule has 0 radical (unpaired) electrons. The van der Waals surface area contributed by atoms with E-state index in [9.17, 15) is 4.79 Å². The van der Waals surface area contributed by atoms with Crippen molar-refractivity contribution in [1.29, 1.82) is 0 Å². The Morgan fingerprint density at radius 2 is 2.05 bits per heavy atom. The van der Waals surface area contributed by atoms with Crippen LogP contribution < -0.4 is 16.0 Å². The zero-order valence-corrected chi connectivity index (χ0v) is 11.4. The third-order valence-corrected chi connectivity index (χ3v) is 3.34. The van der Waals surface area contributed by atoms with Gasteiger partial charge in [-0.3, -0.25) is 0 Å². The summed E-state index contributed by atoms with van der Waals surface area (Å²) in [6, 6.07) is 7.96. The number of rotatable bonds is 6. The third kappa shape index (κ3) is 3.53. The smallest absolute Gasteiger partial charge is 0.317 e. The summed E-state index contributed by atoms with van der Waals surface area (Å²) in [4.78, 5) is 15.7. The Morgan fingerprint density at radius 1 is 1.32 bits per heavy atom. The molecule has 1 heterocycles. The van der Waals surface area contributed by atoms with Crippen molar-refractivity contribution in [3.63, 3.8) is 0 Å². The number of carbonyl (C=O) groups is 1. The SMILES string of the molecule is CCCN(CCN1CCNC1=O)c1ccc(N)cc1. The first kappa shape index (κ1) is 13.5. The number of nitrogen functional groups attached to an aromatic ring is 1. The van der Waals surface area contributed by atoms with Crippen LogP contribution in [0.2, 0.25) is 0 Å². The topological polar surface area (TPSA) is 61.6 Å². The zero-order chi connectivity index (χ0) is 13.7. The molecule has 1 aliphatic rings. The maximum Gasteiger partial charge on any atom is 0.317 e. The van der Waals surface area contributed by atoms with E-state index in [0.717, 1.165) is 50.5 Å². The molecule has 0 atom stereocenters. The molecule has 1 fully saturated rings. The minimum absolute atomic E-state index is 0.0498. The van der Waals surface area contributed by atoms with E-state index in [1.165, 1.54) is 0 Å². The van der Waals surface area contributed by atoms with E-state index in [-0.39, 0.29) is 6.03 Å². The Hall–Kier alpha value is -1.91. The van der Waals surface area contributed by atoms with E-state index in [4.69, 9.17) is 5.73 Å². The quantitative estimate of drug-likeness (QED) is 0.764. The lowest BCUT2D eigenvalue weighted by Crippen LogP contribution is -2.37. The maximum absolute atomic E-state index is 11.5. The highest BCUT2D eigenvalue weighted by Crippen LogP contribution is 2.16. The fourth-order valence-corrected chi connectivity index (χ4v) is 2.29. The molecule has 3 N–H and O–H groups in total. The third-order valence-electron chi connectivity index (χ3n) is 3.34. The van der Waals surface area contributed by atoms with Crippen LogP contribution in [0.5, 0.6) is 0 Å². The molecule has 104 valence electrons. The van der Waals surface area contributed by atoms with Gasteiger partial charge in [-0.1, -0.05) is 6.92 Å². The van der Waals surface area contributed by atoms with Gasteiger partial charge in [-0.2, -0.15) is 0 Å². The van der Waals surface area contributed by atoms with Crippen LogP contribution in [0.25, 0.3) is 0 Å². The highest BCUT2D eigenvalue weighted by atomic mass is 16.2. The van der Waals surface area contributed by atoms with Crippen molar-refractivity contribution in [2.24, 2.45) is 0 Å². The molecule has 0 unspecified atom stereocenters. The van der Waals surface area contributed by atoms with Gasteiger partial charge >= 0.3 is 6.03 Å². The molecule has 19 heavy (non-hydrogen) atoms. The minimum Gasteiger partial charge on any atom is -0.399 e. The molecule has 1 aromatic carbocycles. The number of nitrogens with one attached hydrogen (secondary N) is 1. The Morgan fingerprint density at radius 3 is 2.63 bits per heavy atom. The molecule has 5 nitrogen and oxygen atoms in total. The molecule has 2 rings (SSSR count). The van der Waals surface area contributed by atoms with Crippen LogP contribution in [0.1, 0.15) is 13.3 Å². The summed E-state index contributed by atoms with van der Waals surface area (Å²) in [6.45, 7) is 6.32. The van der Waals surface area contributed by atoms with E-state index in [1.807, 2.05) is 29.2 Å². The Bertz CT molecular complexity index is 418. The second kappa shape index (κ2) is 6.31. The summed E-state index contributed by atoms with van der Waals surface area (Å²) < 4.78 is 0. The van der Waals surface area contributed by atoms with Gasteiger partial charge in [-0.25, -0.2) is 4.79 Å². The number of benzene rings is 1. The average Bonchev–Trinajstić information content (AvgIpc) is 2.81. The van der Waals surface area contributed by atoms with E-state index < -0.39 is 0 Å². The maximum atomic E-state index is 11.5. The summed E-state index contributed by atoms with van der Waals surface area (Å²) in [5.41, 5.74) is 7.65. The second-order valence-corrected chi connectivity index (χ2v) is 4.80. The number of hydrogen-bond donors (Lipinski definition) is 2. The highest BCUT2D eigenvalue weighted by Gasteiger charge is 2.19. The molecule has 0 saturated carbocycles. The van der Waals surface area contributed by atoms with Crippen molar-refractivity contribution in [3.8, 4) is 0 Å².